The molecule has 5 heterocycles. The monoisotopic (exact) mass is 512 g/mol. The average Bonchev–Trinajstić information content (AvgIpc) is 2.94. The van der Waals surface area contributed by atoms with Crippen molar-refractivity contribution in [2.45, 2.75) is 25.8 Å². The Bertz CT molecular complexity index is 1250. The van der Waals surface area contributed by atoms with E-state index in [-0.39, 0.29) is 0 Å². The third kappa shape index (κ3) is 5.10. The van der Waals surface area contributed by atoms with E-state index in [2.05, 4.69) is 97.8 Å². The molecule has 1 aromatic heterocycles. The van der Waals surface area contributed by atoms with Crippen LogP contribution in [0.1, 0.15) is 24.0 Å². The second-order valence-electron chi connectivity index (χ2n) is 11.2. The Morgan fingerprint density at radius 3 is 2.32 bits per heavy atom. The van der Waals surface area contributed by atoms with Crippen molar-refractivity contribution in [2.75, 3.05) is 80.3 Å². The SMILES string of the molecule is C=C1C=C(C2CCN(c3ccc4c(c3)CN(c3cc(N5CCN(C)CC5)nc(N)n3)CC4)CC2)C=CN1C. The predicted molar refractivity (Wildman–Crippen MR) is 156 cm³/mol. The molecule has 8 nitrogen and oxygen atoms in total. The van der Waals surface area contributed by atoms with Crippen LogP contribution < -0.4 is 20.4 Å². The van der Waals surface area contributed by atoms with Gasteiger partial charge in [-0.1, -0.05) is 12.6 Å². The number of piperazine rings is 1. The van der Waals surface area contributed by atoms with Gasteiger partial charge in [0.25, 0.3) is 0 Å². The van der Waals surface area contributed by atoms with Crippen molar-refractivity contribution in [3.05, 3.63) is 71.6 Å². The van der Waals surface area contributed by atoms with Gasteiger partial charge in [-0.3, -0.25) is 0 Å². The fraction of sp³-hybridized carbons (Fsp3) is 0.467. The van der Waals surface area contributed by atoms with Gasteiger partial charge in [-0.25, -0.2) is 0 Å². The molecule has 6 rings (SSSR count). The molecular weight excluding hydrogens is 472 g/mol. The topological polar surface area (TPSA) is 68.0 Å². The first-order valence-corrected chi connectivity index (χ1v) is 13.9. The highest BCUT2D eigenvalue weighted by atomic mass is 15.3. The molecule has 0 radical (unpaired) electrons. The summed E-state index contributed by atoms with van der Waals surface area (Å²) in [6.45, 7) is 12.1. The zero-order valence-electron chi connectivity index (χ0n) is 22.8. The minimum atomic E-state index is 0.358. The fourth-order valence-corrected chi connectivity index (χ4v) is 6.10. The van der Waals surface area contributed by atoms with E-state index in [1.165, 1.54) is 35.2 Å². The summed E-state index contributed by atoms with van der Waals surface area (Å²) in [5.74, 6) is 2.85. The standard InChI is InChI=1S/C30H40N8/c1-22-18-25(6-10-35(22)3)24-7-11-36(12-8-24)27-5-4-23-9-13-38(21-26(23)19-27)29-20-28(32-30(31)33-29)37-16-14-34(2)15-17-37/h4-6,10,18-20,24H,1,7-9,11-17,21H2,2-3H3,(H2,31,32,33). The van der Waals surface area contributed by atoms with Gasteiger partial charge in [-0.15, -0.1) is 0 Å². The van der Waals surface area contributed by atoms with E-state index in [0.717, 1.165) is 76.1 Å². The summed E-state index contributed by atoms with van der Waals surface area (Å²) < 4.78 is 0. The molecule has 0 saturated carbocycles. The number of likely N-dealkylation sites (N-methyl/N-ethyl adjacent to an activating group) is 2. The molecule has 0 aliphatic carbocycles. The molecule has 2 aromatic rings. The van der Waals surface area contributed by atoms with Crippen molar-refractivity contribution < 1.29 is 0 Å². The van der Waals surface area contributed by atoms with E-state index >= 15 is 0 Å². The second kappa shape index (κ2) is 10.3. The Morgan fingerprint density at radius 1 is 0.842 bits per heavy atom. The van der Waals surface area contributed by atoms with Crippen LogP contribution in [0.4, 0.5) is 23.3 Å². The first-order valence-electron chi connectivity index (χ1n) is 13.9. The van der Waals surface area contributed by atoms with Gasteiger partial charge >= 0.3 is 0 Å². The molecule has 200 valence electrons. The van der Waals surface area contributed by atoms with E-state index in [4.69, 9.17) is 5.73 Å². The number of allylic oxidation sites excluding steroid dienone is 3. The van der Waals surface area contributed by atoms with Crippen molar-refractivity contribution in [2.24, 2.45) is 5.92 Å². The smallest absolute Gasteiger partial charge is 0.223 e. The van der Waals surface area contributed by atoms with Gasteiger partial charge < -0.3 is 30.2 Å². The van der Waals surface area contributed by atoms with Gasteiger partial charge in [-0.05, 0) is 73.2 Å². The summed E-state index contributed by atoms with van der Waals surface area (Å²) in [6, 6.07) is 9.19. The number of nitrogen functional groups attached to an aromatic ring is 1. The number of piperidine rings is 1. The van der Waals surface area contributed by atoms with Gasteiger partial charge in [0.15, 0.2) is 0 Å². The van der Waals surface area contributed by atoms with Crippen LogP contribution in [0.15, 0.2) is 60.5 Å². The lowest BCUT2D eigenvalue weighted by Gasteiger charge is -2.37. The lowest BCUT2D eigenvalue weighted by Crippen LogP contribution is -2.45. The molecule has 0 bridgehead atoms. The number of rotatable bonds is 4. The summed E-state index contributed by atoms with van der Waals surface area (Å²) in [5, 5.41) is 0. The van der Waals surface area contributed by atoms with Crippen molar-refractivity contribution in [1.29, 1.82) is 0 Å². The summed E-state index contributed by atoms with van der Waals surface area (Å²) in [5.41, 5.74) is 12.9. The van der Waals surface area contributed by atoms with Gasteiger partial charge in [-0.2, -0.15) is 9.97 Å². The van der Waals surface area contributed by atoms with E-state index in [1.54, 1.807) is 0 Å². The molecule has 4 aliphatic rings. The van der Waals surface area contributed by atoms with Crippen LogP contribution in [0.25, 0.3) is 0 Å². The number of anilines is 4. The van der Waals surface area contributed by atoms with Crippen LogP contribution in [0.2, 0.25) is 0 Å². The van der Waals surface area contributed by atoms with Crippen molar-refractivity contribution >= 4 is 23.3 Å². The number of hydrogen-bond acceptors (Lipinski definition) is 8. The number of nitrogens with zero attached hydrogens (tertiary/aromatic N) is 7. The fourth-order valence-electron chi connectivity index (χ4n) is 6.10. The molecule has 2 fully saturated rings. The second-order valence-corrected chi connectivity index (χ2v) is 11.2. The van der Waals surface area contributed by atoms with Crippen molar-refractivity contribution in [3.63, 3.8) is 0 Å². The quantitative estimate of drug-likeness (QED) is 0.668. The highest BCUT2D eigenvalue weighted by molar-refractivity contribution is 5.58. The van der Waals surface area contributed by atoms with Crippen LogP contribution in [0.3, 0.4) is 0 Å². The number of aromatic nitrogens is 2. The van der Waals surface area contributed by atoms with E-state index in [0.29, 0.717) is 11.9 Å². The molecule has 38 heavy (non-hydrogen) atoms. The first kappa shape index (κ1) is 24.8. The Kier molecular flexibility index (Phi) is 6.74. The number of nitrogens with two attached hydrogens (primary N) is 1. The number of benzene rings is 1. The summed E-state index contributed by atoms with van der Waals surface area (Å²) in [4.78, 5) is 20.9. The minimum Gasteiger partial charge on any atom is -0.371 e. The Morgan fingerprint density at radius 2 is 1.58 bits per heavy atom. The minimum absolute atomic E-state index is 0.358. The Hall–Kier alpha value is -3.52. The van der Waals surface area contributed by atoms with E-state index < -0.39 is 0 Å². The zero-order chi connectivity index (χ0) is 26.2. The predicted octanol–water partition coefficient (Wildman–Crippen LogP) is 3.49. The molecule has 0 unspecified atom stereocenters. The Balaban J connectivity index is 1.14. The molecule has 4 aliphatic heterocycles. The van der Waals surface area contributed by atoms with Crippen molar-refractivity contribution in [3.8, 4) is 0 Å². The van der Waals surface area contributed by atoms with Gasteiger partial charge in [0.1, 0.15) is 11.6 Å². The van der Waals surface area contributed by atoms with Crippen LogP contribution in [0.5, 0.6) is 0 Å². The van der Waals surface area contributed by atoms with Crippen molar-refractivity contribution in [1.82, 2.24) is 19.8 Å². The van der Waals surface area contributed by atoms with Crippen LogP contribution in [-0.4, -0.2) is 79.7 Å². The van der Waals surface area contributed by atoms with E-state index in [1.807, 2.05) is 0 Å². The molecule has 1 aromatic carbocycles. The number of hydrogen-bond donors (Lipinski definition) is 1. The first-order chi connectivity index (χ1) is 18.4. The maximum atomic E-state index is 6.19. The molecule has 2 saturated heterocycles. The maximum Gasteiger partial charge on any atom is 0.223 e. The highest BCUT2D eigenvalue weighted by Gasteiger charge is 2.25. The largest absolute Gasteiger partial charge is 0.371 e. The van der Waals surface area contributed by atoms with Gasteiger partial charge in [0, 0.05) is 83.1 Å². The van der Waals surface area contributed by atoms with Crippen LogP contribution in [0, 0.1) is 5.92 Å². The third-order valence-corrected chi connectivity index (χ3v) is 8.68. The average molecular weight is 513 g/mol. The van der Waals surface area contributed by atoms with E-state index in [9.17, 15) is 0 Å². The van der Waals surface area contributed by atoms with Gasteiger partial charge in [0.2, 0.25) is 5.95 Å². The highest BCUT2D eigenvalue weighted by Crippen LogP contribution is 2.33. The maximum absolute atomic E-state index is 6.19. The normalized spacial score (nSPS) is 21.1. The molecule has 8 heteroatoms. The van der Waals surface area contributed by atoms with Gasteiger partial charge in [0.05, 0.1) is 0 Å². The number of fused-ring (bicyclic) bond motifs is 1. The summed E-state index contributed by atoms with van der Waals surface area (Å²) in [6.07, 6.45) is 10.0. The lowest BCUT2D eigenvalue weighted by molar-refractivity contribution is 0.312. The zero-order valence-corrected chi connectivity index (χ0v) is 22.8. The van der Waals surface area contributed by atoms with Crippen LogP contribution >= 0.6 is 0 Å². The Labute approximate surface area is 226 Å². The molecule has 0 spiro atoms. The summed E-state index contributed by atoms with van der Waals surface area (Å²) >= 11 is 0. The molecule has 2 N–H and O–H groups in total. The van der Waals surface area contributed by atoms with Crippen LogP contribution in [-0.2, 0) is 13.0 Å². The molecule has 0 atom stereocenters. The summed E-state index contributed by atoms with van der Waals surface area (Å²) in [7, 11) is 4.22. The molecule has 0 amide bonds. The lowest BCUT2D eigenvalue weighted by atomic mass is 9.87. The third-order valence-electron chi connectivity index (χ3n) is 8.68. The molecular formula is C30H40N8.